The summed E-state index contributed by atoms with van der Waals surface area (Å²) in [5.41, 5.74) is 6.78. The number of piperidine rings is 1. The average Bonchev–Trinajstić information content (AvgIpc) is 2.55. The molecule has 1 fully saturated rings. The van der Waals surface area contributed by atoms with Crippen molar-refractivity contribution in [2.24, 2.45) is 5.73 Å². The van der Waals surface area contributed by atoms with Gasteiger partial charge in [-0.15, -0.1) is 24.8 Å². The number of carbonyl (C=O) groups is 1. The number of hydrogen-bond donors (Lipinski definition) is 2. The van der Waals surface area contributed by atoms with Gasteiger partial charge in [-0.05, 0) is 19.3 Å². The molecule has 0 aliphatic carbocycles. The van der Waals surface area contributed by atoms with Crippen molar-refractivity contribution in [3.8, 4) is 0 Å². The molecule has 138 valence electrons. The first kappa shape index (κ1) is 22.9. The van der Waals surface area contributed by atoms with E-state index in [2.05, 4.69) is 27.1 Å². The zero-order valence-corrected chi connectivity index (χ0v) is 15.7. The number of hydrogen-bond acceptors (Lipinski definition) is 6. The zero-order chi connectivity index (χ0) is 15.9. The van der Waals surface area contributed by atoms with Crippen molar-refractivity contribution in [3.05, 3.63) is 18.1 Å². The van der Waals surface area contributed by atoms with E-state index in [1.54, 1.807) is 6.33 Å². The van der Waals surface area contributed by atoms with Gasteiger partial charge in [-0.2, -0.15) is 0 Å². The molecule has 3 N–H and O–H groups in total. The Labute approximate surface area is 155 Å². The standard InChI is InChI=1S/C15H25N5O2.2ClH/c1-3-11-8-14(18-10-17-11)20-6-4-12(5-7-20)19-15(21)13(16)9-22-2;;/h8,10,12-13H,3-7,9,16H2,1-2H3,(H,19,21);2*1H. The molecule has 1 aliphatic rings. The predicted octanol–water partition coefficient (Wildman–Crippen LogP) is 0.941. The molecule has 1 atom stereocenters. The number of nitrogens with zero attached hydrogens (tertiary/aromatic N) is 3. The number of aryl methyl sites for hydroxylation is 1. The second-order valence-corrected chi connectivity index (χ2v) is 5.55. The van der Waals surface area contributed by atoms with E-state index in [1.807, 2.05) is 6.07 Å². The van der Waals surface area contributed by atoms with Crippen molar-refractivity contribution in [2.75, 3.05) is 31.7 Å². The number of anilines is 1. The molecule has 0 radical (unpaired) electrons. The first-order valence-electron chi connectivity index (χ1n) is 7.74. The minimum absolute atomic E-state index is 0. The highest BCUT2D eigenvalue weighted by atomic mass is 35.5. The summed E-state index contributed by atoms with van der Waals surface area (Å²) in [6.07, 6.45) is 4.29. The number of amides is 1. The largest absolute Gasteiger partial charge is 0.383 e. The highest BCUT2D eigenvalue weighted by Gasteiger charge is 2.23. The average molecular weight is 380 g/mol. The van der Waals surface area contributed by atoms with Crippen molar-refractivity contribution < 1.29 is 9.53 Å². The van der Waals surface area contributed by atoms with Gasteiger partial charge in [0.15, 0.2) is 0 Å². The number of ether oxygens (including phenoxy) is 1. The molecule has 2 rings (SSSR count). The van der Waals surface area contributed by atoms with Gasteiger partial charge in [0.25, 0.3) is 0 Å². The van der Waals surface area contributed by atoms with Crippen LogP contribution in [-0.2, 0) is 16.0 Å². The Kier molecular flexibility index (Phi) is 10.9. The molecule has 9 heteroatoms. The lowest BCUT2D eigenvalue weighted by Gasteiger charge is -2.33. The molecule has 24 heavy (non-hydrogen) atoms. The Morgan fingerprint density at radius 3 is 2.67 bits per heavy atom. The Balaban J connectivity index is 0.00000264. The maximum absolute atomic E-state index is 11.9. The van der Waals surface area contributed by atoms with Gasteiger partial charge in [0.2, 0.25) is 5.91 Å². The lowest BCUT2D eigenvalue weighted by atomic mass is 10.0. The van der Waals surface area contributed by atoms with Crippen molar-refractivity contribution >= 4 is 36.5 Å². The normalized spacial score (nSPS) is 15.9. The molecule has 0 saturated carbocycles. The highest BCUT2D eigenvalue weighted by molar-refractivity contribution is 5.85. The monoisotopic (exact) mass is 379 g/mol. The summed E-state index contributed by atoms with van der Waals surface area (Å²) < 4.78 is 4.90. The molecule has 1 aliphatic heterocycles. The van der Waals surface area contributed by atoms with Gasteiger partial charge in [-0.25, -0.2) is 9.97 Å². The lowest BCUT2D eigenvalue weighted by Crippen LogP contribution is -2.51. The van der Waals surface area contributed by atoms with Crippen molar-refractivity contribution in [1.29, 1.82) is 0 Å². The number of nitrogens with two attached hydrogens (primary N) is 1. The fourth-order valence-corrected chi connectivity index (χ4v) is 2.57. The molecule has 2 heterocycles. The summed E-state index contributed by atoms with van der Waals surface area (Å²) in [5.74, 6) is 0.823. The van der Waals surface area contributed by atoms with Crippen LogP contribution in [0, 0.1) is 0 Å². The van der Waals surface area contributed by atoms with E-state index < -0.39 is 6.04 Å². The Morgan fingerprint density at radius 1 is 1.42 bits per heavy atom. The van der Waals surface area contributed by atoms with Crippen LogP contribution in [0.25, 0.3) is 0 Å². The van der Waals surface area contributed by atoms with Crippen LogP contribution in [0.3, 0.4) is 0 Å². The van der Waals surface area contributed by atoms with Crippen LogP contribution in [0.5, 0.6) is 0 Å². The molecule has 1 saturated heterocycles. The van der Waals surface area contributed by atoms with Crippen LogP contribution in [0.4, 0.5) is 5.82 Å². The maximum Gasteiger partial charge on any atom is 0.239 e. The van der Waals surface area contributed by atoms with Crippen LogP contribution in [0.15, 0.2) is 12.4 Å². The van der Waals surface area contributed by atoms with E-state index in [1.165, 1.54) is 7.11 Å². The molecule has 0 spiro atoms. The van der Waals surface area contributed by atoms with Gasteiger partial charge >= 0.3 is 0 Å². The van der Waals surface area contributed by atoms with Crippen molar-refractivity contribution in [2.45, 2.75) is 38.3 Å². The zero-order valence-electron chi connectivity index (χ0n) is 14.1. The second kappa shape index (κ2) is 11.4. The quantitative estimate of drug-likeness (QED) is 0.763. The molecule has 0 aromatic carbocycles. The van der Waals surface area contributed by atoms with Crippen molar-refractivity contribution in [1.82, 2.24) is 15.3 Å². The fourth-order valence-electron chi connectivity index (χ4n) is 2.57. The predicted molar refractivity (Wildman–Crippen MR) is 99.1 cm³/mol. The van der Waals surface area contributed by atoms with Crippen LogP contribution in [0.2, 0.25) is 0 Å². The number of carbonyl (C=O) groups excluding carboxylic acids is 1. The first-order chi connectivity index (χ1) is 10.6. The first-order valence-corrected chi connectivity index (χ1v) is 7.74. The van der Waals surface area contributed by atoms with Crippen LogP contribution in [-0.4, -0.2) is 54.8 Å². The maximum atomic E-state index is 11.9. The van der Waals surface area contributed by atoms with E-state index in [9.17, 15) is 4.79 Å². The summed E-state index contributed by atoms with van der Waals surface area (Å²) in [5, 5.41) is 2.99. The lowest BCUT2D eigenvalue weighted by molar-refractivity contribution is -0.124. The minimum Gasteiger partial charge on any atom is -0.383 e. The molecular weight excluding hydrogens is 353 g/mol. The number of methoxy groups -OCH3 is 1. The summed E-state index contributed by atoms with van der Waals surface area (Å²) in [7, 11) is 1.54. The van der Waals surface area contributed by atoms with Gasteiger partial charge in [0.05, 0.1) is 6.61 Å². The summed E-state index contributed by atoms with van der Waals surface area (Å²) in [4.78, 5) is 22.7. The number of nitrogens with one attached hydrogen (secondary N) is 1. The molecule has 1 unspecified atom stereocenters. The molecular formula is C15H27Cl2N5O2. The van der Waals surface area contributed by atoms with Gasteiger partial charge in [0.1, 0.15) is 18.2 Å². The van der Waals surface area contributed by atoms with Gasteiger partial charge < -0.3 is 20.7 Å². The molecule has 0 bridgehead atoms. The third kappa shape index (κ3) is 6.39. The number of aromatic nitrogens is 2. The smallest absolute Gasteiger partial charge is 0.239 e. The van der Waals surface area contributed by atoms with E-state index in [-0.39, 0.29) is 43.4 Å². The third-order valence-corrected chi connectivity index (χ3v) is 3.92. The Hall–Kier alpha value is -1.15. The summed E-state index contributed by atoms with van der Waals surface area (Å²) in [6.45, 7) is 4.05. The van der Waals surface area contributed by atoms with Gasteiger partial charge in [-0.1, -0.05) is 6.92 Å². The van der Waals surface area contributed by atoms with Crippen LogP contribution < -0.4 is 16.0 Å². The molecule has 1 aromatic rings. The molecule has 1 amide bonds. The SMILES string of the molecule is CCc1cc(N2CCC(NC(=O)C(N)COC)CC2)ncn1.Cl.Cl. The molecule has 1 aromatic heterocycles. The van der Waals surface area contributed by atoms with Gasteiger partial charge in [0, 0.05) is 38.0 Å². The Bertz CT molecular complexity index is 499. The highest BCUT2D eigenvalue weighted by Crippen LogP contribution is 2.18. The molecule has 7 nitrogen and oxygen atoms in total. The second-order valence-electron chi connectivity index (χ2n) is 5.55. The number of rotatable bonds is 6. The Morgan fingerprint density at radius 2 is 2.08 bits per heavy atom. The minimum atomic E-state index is -0.600. The fraction of sp³-hybridized carbons (Fsp3) is 0.667. The van der Waals surface area contributed by atoms with Crippen LogP contribution >= 0.6 is 24.8 Å². The van der Waals surface area contributed by atoms with Gasteiger partial charge in [-0.3, -0.25) is 4.79 Å². The van der Waals surface area contributed by atoms with E-state index in [0.717, 1.165) is 43.9 Å². The van der Waals surface area contributed by atoms with Crippen molar-refractivity contribution in [3.63, 3.8) is 0 Å². The third-order valence-electron chi connectivity index (χ3n) is 3.92. The van der Waals surface area contributed by atoms with Crippen LogP contribution in [0.1, 0.15) is 25.5 Å². The van der Waals surface area contributed by atoms with E-state index in [0.29, 0.717) is 0 Å². The summed E-state index contributed by atoms with van der Waals surface area (Å²) >= 11 is 0. The topological polar surface area (TPSA) is 93.4 Å². The summed E-state index contributed by atoms with van der Waals surface area (Å²) in [6, 6.07) is 1.60. The van der Waals surface area contributed by atoms with E-state index >= 15 is 0 Å². The van der Waals surface area contributed by atoms with E-state index in [4.69, 9.17) is 10.5 Å². The number of halogens is 2.